The number of carboxylic acid groups (broad SMARTS) is 2. The molecule has 2 atom stereocenters. The van der Waals surface area contributed by atoms with E-state index in [-0.39, 0.29) is 0 Å². The van der Waals surface area contributed by atoms with E-state index >= 15 is 0 Å². The fraction of sp³-hybridized carbons (Fsp3) is 0.385. The van der Waals surface area contributed by atoms with Crippen molar-refractivity contribution < 1.29 is 19.8 Å². The highest BCUT2D eigenvalue weighted by Gasteiger charge is 2.34. The molecule has 0 heterocycles. The standard InChI is InChI=1S/C13H16O4/c1-2-6-10(12(14)15)11(13(16)17)9-7-4-3-5-8-9/h3-5,7-8,10-11H,2,6H2,1H3,(H,14,15)(H,16,17)/t10-,11-/m1/s1. The van der Waals surface area contributed by atoms with Crippen molar-refractivity contribution in [3.63, 3.8) is 0 Å². The number of benzene rings is 1. The van der Waals surface area contributed by atoms with Crippen molar-refractivity contribution in [3.05, 3.63) is 35.9 Å². The molecule has 0 aromatic heterocycles. The Morgan fingerprint density at radius 3 is 2.12 bits per heavy atom. The molecule has 0 unspecified atom stereocenters. The lowest BCUT2D eigenvalue weighted by atomic mass is 9.83. The second-order valence-corrected chi connectivity index (χ2v) is 3.96. The van der Waals surface area contributed by atoms with Crippen molar-refractivity contribution in [2.45, 2.75) is 25.7 Å². The molecule has 1 rings (SSSR count). The Bertz CT molecular complexity index is 386. The molecule has 1 aromatic carbocycles. The van der Waals surface area contributed by atoms with Crippen molar-refractivity contribution in [2.75, 3.05) is 0 Å². The van der Waals surface area contributed by atoms with Crippen LogP contribution < -0.4 is 0 Å². The van der Waals surface area contributed by atoms with E-state index < -0.39 is 23.8 Å². The van der Waals surface area contributed by atoms with Gasteiger partial charge in [-0.15, -0.1) is 0 Å². The first-order valence-corrected chi connectivity index (χ1v) is 5.58. The predicted molar refractivity (Wildman–Crippen MR) is 62.9 cm³/mol. The molecule has 92 valence electrons. The van der Waals surface area contributed by atoms with Gasteiger partial charge in [-0.05, 0) is 12.0 Å². The second kappa shape index (κ2) is 6.03. The molecule has 0 amide bonds. The molecule has 4 nitrogen and oxygen atoms in total. The molecule has 0 aliphatic carbocycles. The third-order valence-corrected chi connectivity index (χ3v) is 2.74. The molecule has 0 saturated carbocycles. The van der Waals surface area contributed by atoms with Gasteiger partial charge in [0.05, 0.1) is 11.8 Å². The first-order valence-electron chi connectivity index (χ1n) is 5.58. The van der Waals surface area contributed by atoms with Crippen molar-refractivity contribution in [1.82, 2.24) is 0 Å². The van der Waals surface area contributed by atoms with Crippen LogP contribution in [-0.2, 0) is 9.59 Å². The zero-order chi connectivity index (χ0) is 12.8. The Labute approximate surface area is 99.9 Å². The van der Waals surface area contributed by atoms with Crippen LogP contribution in [0.1, 0.15) is 31.2 Å². The zero-order valence-electron chi connectivity index (χ0n) is 9.67. The topological polar surface area (TPSA) is 74.6 Å². The largest absolute Gasteiger partial charge is 0.481 e. The lowest BCUT2D eigenvalue weighted by Crippen LogP contribution is -2.28. The van der Waals surface area contributed by atoms with Gasteiger partial charge in [0.1, 0.15) is 0 Å². The molecule has 0 spiro atoms. The maximum Gasteiger partial charge on any atom is 0.311 e. The summed E-state index contributed by atoms with van der Waals surface area (Å²) in [6, 6.07) is 8.53. The van der Waals surface area contributed by atoms with E-state index in [0.717, 1.165) is 0 Å². The average molecular weight is 236 g/mol. The Morgan fingerprint density at radius 1 is 1.12 bits per heavy atom. The SMILES string of the molecule is CCC[C@@H](C(=O)O)[C@H](C(=O)O)c1ccccc1. The molecule has 0 fully saturated rings. The number of carbonyl (C=O) groups is 2. The van der Waals surface area contributed by atoms with Crippen LogP contribution in [0.5, 0.6) is 0 Å². The van der Waals surface area contributed by atoms with Crippen LogP contribution in [0.25, 0.3) is 0 Å². The van der Waals surface area contributed by atoms with Crippen LogP contribution >= 0.6 is 0 Å². The summed E-state index contributed by atoms with van der Waals surface area (Å²) in [5, 5.41) is 18.3. The van der Waals surface area contributed by atoms with Gasteiger partial charge < -0.3 is 10.2 Å². The molecule has 17 heavy (non-hydrogen) atoms. The van der Waals surface area contributed by atoms with E-state index in [9.17, 15) is 14.7 Å². The summed E-state index contributed by atoms with van der Waals surface area (Å²) < 4.78 is 0. The van der Waals surface area contributed by atoms with E-state index in [4.69, 9.17) is 5.11 Å². The predicted octanol–water partition coefficient (Wildman–Crippen LogP) is 2.36. The average Bonchev–Trinajstić information content (AvgIpc) is 2.29. The van der Waals surface area contributed by atoms with Gasteiger partial charge >= 0.3 is 11.9 Å². The highest BCUT2D eigenvalue weighted by molar-refractivity contribution is 5.84. The van der Waals surface area contributed by atoms with E-state index in [0.29, 0.717) is 18.4 Å². The maximum atomic E-state index is 11.3. The summed E-state index contributed by atoms with van der Waals surface area (Å²) in [5.74, 6) is -3.99. The first-order chi connectivity index (χ1) is 8.07. The molecule has 4 heteroatoms. The van der Waals surface area contributed by atoms with E-state index in [1.807, 2.05) is 6.92 Å². The number of rotatable bonds is 6. The lowest BCUT2D eigenvalue weighted by Gasteiger charge is -2.20. The zero-order valence-corrected chi connectivity index (χ0v) is 9.67. The maximum absolute atomic E-state index is 11.3. The van der Waals surface area contributed by atoms with Crippen LogP contribution in [0.3, 0.4) is 0 Å². The van der Waals surface area contributed by atoms with Crippen LogP contribution in [0.4, 0.5) is 0 Å². The number of aliphatic carboxylic acids is 2. The molecule has 0 aliphatic rings. The minimum atomic E-state index is -1.09. The lowest BCUT2D eigenvalue weighted by molar-refractivity contribution is -0.150. The van der Waals surface area contributed by atoms with Crippen molar-refractivity contribution in [2.24, 2.45) is 5.92 Å². The summed E-state index contributed by atoms with van der Waals surface area (Å²) in [7, 11) is 0. The molecular weight excluding hydrogens is 220 g/mol. The first kappa shape index (κ1) is 13.2. The Kier molecular flexibility index (Phi) is 4.69. The van der Waals surface area contributed by atoms with Gasteiger partial charge in [0.2, 0.25) is 0 Å². The normalized spacial score (nSPS) is 13.9. The Hall–Kier alpha value is -1.84. The minimum Gasteiger partial charge on any atom is -0.481 e. The molecule has 0 saturated heterocycles. The quantitative estimate of drug-likeness (QED) is 0.795. The highest BCUT2D eigenvalue weighted by atomic mass is 16.4. The Balaban J connectivity index is 3.07. The fourth-order valence-electron chi connectivity index (χ4n) is 1.95. The van der Waals surface area contributed by atoms with E-state index in [1.165, 1.54) is 0 Å². The van der Waals surface area contributed by atoms with Crippen molar-refractivity contribution in [3.8, 4) is 0 Å². The summed E-state index contributed by atoms with van der Waals surface area (Å²) in [5.41, 5.74) is 0.542. The van der Waals surface area contributed by atoms with Crippen LogP contribution in [0.2, 0.25) is 0 Å². The van der Waals surface area contributed by atoms with E-state index in [2.05, 4.69) is 0 Å². The van der Waals surface area contributed by atoms with Crippen molar-refractivity contribution in [1.29, 1.82) is 0 Å². The minimum absolute atomic E-state index is 0.362. The van der Waals surface area contributed by atoms with Crippen LogP contribution in [0.15, 0.2) is 30.3 Å². The third-order valence-electron chi connectivity index (χ3n) is 2.74. The molecule has 2 N–H and O–H groups in total. The van der Waals surface area contributed by atoms with Gasteiger partial charge in [0, 0.05) is 0 Å². The molecular formula is C13H16O4. The second-order valence-electron chi connectivity index (χ2n) is 3.96. The van der Waals surface area contributed by atoms with Gasteiger partial charge in [-0.1, -0.05) is 43.7 Å². The summed E-state index contributed by atoms with van der Waals surface area (Å²) in [4.78, 5) is 22.4. The van der Waals surface area contributed by atoms with Gasteiger partial charge in [-0.25, -0.2) is 0 Å². The highest BCUT2D eigenvalue weighted by Crippen LogP contribution is 2.28. The fourth-order valence-corrected chi connectivity index (χ4v) is 1.95. The molecule has 0 aliphatic heterocycles. The summed E-state index contributed by atoms with van der Waals surface area (Å²) in [6.07, 6.45) is 1.01. The number of hydrogen-bond acceptors (Lipinski definition) is 2. The number of carboxylic acids is 2. The summed E-state index contributed by atoms with van der Waals surface area (Å²) in [6.45, 7) is 1.85. The molecule has 0 bridgehead atoms. The third kappa shape index (κ3) is 3.31. The molecule has 1 aromatic rings. The van der Waals surface area contributed by atoms with Crippen LogP contribution in [0, 0.1) is 5.92 Å². The van der Waals surface area contributed by atoms with Gasteiger partial charge in [-0.2, -0.15) is 0 Å². The smallest absolute Gasteiger partial charge is 0.311 e. The van der Waals surface area contributed by atoms with Gasteiger partial charge in [0.15, 0.2) is 0 Å². The van der Waals surface area contributed by atoms with E-state index in [1.54, 1.807) is 30.3 Å². The van der Waals surface area contributed by atoms with Crippen molar-refractivity contribution >= 4 is 11.9 Å². The number of hydrogen-bond donors (Lipinski definition) is 2. The van der Waals surface area contributed by atoms with Crippen LogP contribution in [-0.4, -0.2) is 22.2 Å². The Morgan fingerprint density at radius 2 is 1.71 bits per heavy atom. The monoisotopic (exact) mass is 236 g/mol. The molecule has 0 radical (unpaired) electrons. The van der Waals surface area contributed by atoms with Gasteiger partial charge in [0.25, 0.3) is 0 Å². The summed E-state index contributed by atoms with van der Waals surface area (Å²) >= 11 is 0. The van der Waals surface area contributed by atoms with Gasteiger partial charge in [-0.3, -0.25) is 9.59 Å².